The summed E-state index contributed by atoms with van der Waals surface area (Å²) in [6, 6.07) is 13.8. The van der Waals surface area contributed by atoms with E-state index in [1.54, 1.807) is 43.3 Å². The number of aromatic hydroxyl groups is 1. The first kappa shape index (κ1) is 14.3. The SMILES string of the molecule is C/C(=N/NC(=O)c1cccc(Br)c1)c1cccc(O)c1. The second-order valence-corrected chi connectivity index (χ2v) is 5.11. The highest BCUT2D eigenvalue weighted by Gasteiger charge is 2.05. The highest BCUT2D eigenvalue weighted by Crippen LogP contribution is 2.13. The molecule has 2 aromatic carbocycles. The molecule has 0 aromatic heterocycles. The molecule has 0 saturated heterocycles. The topological polar surface area (TPSA) is 61.7 Å². The Kier molecular flexibility index (Phi) is 4.53. The quantitative estimate of drug-likeness (QED) is 0.669. The molecule has 20 heavy (non-hydrogen) atoms. The summed E-state index contributed by atoms with van der Waals surface area (Å²) in [6.45, 7) is 1.76. The van der Waals surface area contributed by atoms with Gasteiger partial charge in [0.15, 0.2) is 0 Å². The Labute approximate surface area is 125 Å². The van der Waals surface area contributed by atoms with E-state index in [9.17, 15) is 9.90 Å². The van der Waals surface area contributed by atoms with Gasteiger partial charge < -0.3 is 5.11 Å². The Hall–Kier alpha value is -2.14. The Balaban J connectivity index is 2.11. The van der Waals surface area contributed by atoms with Crippen LogP contribution in [0.2, 0.25) is 0 Å². The molecule has 0 aliphatic heterocycles. The van der Waals surface area contributed by atoms with Crippen LogP contribution in [0.15, 0.2) is 58.1 Å². The lowest BCUT2D eigenvalue weighted by molar-refractivity contribution is 0.0955. The number of halogens is 1. The van der Waals surface area contributed by atoms with Gasteiger partial charge in [0.25, 0.3) is 5.91 Å². The molecule has 2 rings (SSSR count). The molecule has 0 atom stereocenters. The predicted octanol–water partition coefficient (Wildman–Crippen LogP) is 3.31. The van der Waals surface area contributed by atoms with Crippen LogP contribution in [0.3, 0.4) is 0 Å². The summed E-state index contributed by atoms with van der Waals surface area (Å²) in [5.74, 6) is -0.124. The van der Waals surface area contributed by atoms with E-state index >= 15 is 0 Å². The van der Waals surface area contributed by atoms with Crippen molar-refractivity contribution in [3.63, 3.8) is 0 Å². The van der Waals surface area contributed by atoms with Crippen molar-refractivity contribution in [1.82, 2.24) is 5.43 Å². The van der Waals surface area contributed by atoms with Gasteiger partial charge in [0.2, 0.25) is 0 Å². The van der Waals surface area contributed by atoms with Crippen molar-refractivity contribution in [2.24, 2.45) is 5.10 Å². The molecule has 4 nitrogen and oxygen atoms in total. The molecule has 0 saturated carbocycles. The molecular weight excluding hydrogens is 320 g/mol. The predicted molar refractivity (Wildman–Crippen MR) is 81.9 cm³/mol. The van der Waals surface area contributed by atoms with Gasteiger partial charge in [0.05, 0.1) is 5.71 Å². The van der Waals surface area contributed by atoms with Gasteiger partial charge in [0.1, 0.15) is 5.75 Å². The molecule has 102 valence electrons. The zero-order valence-corrected chi connectivity index (χ0v) is 12.4. The monoisotopic (exact) mass is 332 g/mol. The summed E-state index contributed by atoms with van der Waals surface area (Å²) in [4.78, 5) is 11.9. The van der Waals surface area contributed by atoms with Crippen molar-refractivity contribution in [2.45, 2.75) is 6.92 Å². The zero-order chi connectivity index (χ0) is 14.5. The maximum Gasteiger partial charge on any atom is 0.271 e. The number of nitrogens with zero attached hydrogens (tertiary/aromatic N) is 1. The van der Waals surface area contributed by atoms with Gasteiger partial charge in [-0.25, -0.2) is 5.43 Å². The van der Waals surface area contributed by atoms with E-state index < -0.39 is 0 Å². The fraction of sp³-hybridized carbons (Fsp3) is 0.0667. The minimum Gasteiger partial charge on any atom is -0.508 e. The molecule has 0 spiro atoms. The van der Waals surface area contributed by atoms with Crippen molar-refractivity contribution in [2.75, 3.05) is 0 Å². The number of rotatable bonds is 3. The van der Waals surface area contributed by atoms with Crippen LogP contribution in [-0.4, -0.2) is 16.7 Å². The van der Waals surface area contributed by atoms with Gasteiger partial charge in [-0.1, -0.05) is 34.1 Å². The molecule has 0 radical (unpaired) electrons. The van der Waals surface area contributed by atoms with E-state index in [2.05, 4.69) is 26.5 Å². The summed E-state index contributed by atoms with van der Waals surface area (Å²) in [7, 11) is 0. The van der Waals surface area contributed by atoms with Gasteiger partial charge in [0, 0.05) is 15.6 Å². The summed E-state index contributed by atoms with van der Waals surface area (Å²) in [5.41, 5.74) is 4.38. The van der Waals surface area contributed by atoms with E-state index in [-0.39, 0.29) is 11.7 Å². The number of hydrogen-bond acceptors (Lipinski definition) is 3. The molecule has 2 N–H and O–H groups in total. The largest absolute Gasteiger partial charge is 0.508 e. The van der Waals surface area contributed by atoms with Crippen LogP contribution in [0.4, 0.5) is 0 Å². The summed E-state index contributed by atoms with van der Waals surface area (Å²) in [5, 5.41) is 13.4. The van der Waals surface area contributed by atoms with Crippen molar-refractivity contribution in [3.8, 4) is 5.75 Å². The van der Waals surface area contributed by atoms with Gasteiger partial charge in [-0.05, 0) is 37.3 Å². The first-order chi connectivity index (χ1) is 9.56. The van der Waals surface area contributed by atoms with Crippen LogP contribution in [0.25, 0.3) is 0 Å². The van der Waals surface area contributed by atoms with E-state index in [1.165, 1.54) is 0 Å². The number of hydrogen-bond donors (Lipinski definition) is 2. The van der Waals surface area contributed by atoms with Crippen molar-refractivity contribution in [3.05, 3.63) is 64.1 Å². The number of phenolic OH excluding ortho intramolecular Hbond substituents is 1. The Morgan fingerprint density at radius 1 is 1.15 bits per heavy atom. The first-order valence-electron chi connectivity index (χ1n) is 5.96. The van der Waals surface area contributed by atoms with Gasteiger partial charge >= 0.3 is 0 Å². The molecular formula is C15H13BrN2O2. The molecule has 2 aromatic rings. The minimum atomic E-state index is -0.286. The lowest BCUT2D eigenvalue weighted by Crippen LogP contribution is -2.19. The molecule has 0 fully saturated rings. The van der Waals surface area contributed by atoms with Gasteiger partial charge in [-0.2, -0.15) is 5.10 Å². The highest BCUT2D eigenvalue weighted by atomic mass is 79.9. The number of hydrazone groups is 1. The standard InChI is InChI=1S/C15H13BrN2O2/c1-10(11-4-3-7-14(19)9-11)17-18-15(20)12-5-2-6-13(16)8-12/h2-9,19H,1H3,(H,18,20)/b17-10-. The molecule has 0 unspecified atom stereocenters. The molecule has 5 heteroatoms. The van der Waals surface area contributed by atoms with Crippen LogP contribution in [0.5, 0.6) is 5.75 Å². The Morgan fingerprint density at radius 2 is 1.85 bits per heavy atom. The highest BCUT2D eigenvalue weighted by molar-refractivity contribution is 9.10. The Morgan fingerprint density at radius 3 is 2.55 bits per heavy atom. The van der Waals surface area contributed by atoms with Crippen LogP contribution in [0.1, 0.15) is 22.8 Å². The number of amides is 1. The number of benzene rings is 2. The van der Waals surface area contributed by atoms with Gasteiger partial charge in [-0.3, -0.25) is 4.79 Å². The molecule has 1 amide bonds. The third-order valence-electron chi connectivity index (χ3n) is 2.68. The summed E-state index contributed by atoms with van der Waals surface area (Å²) in [6.07, 6.45) is 0. The maximum atomic E-state index is 11.9. The van der Waals surface area contributed by atoms with Crippen LogP contribution in [0, 0.1) is 0 Å². The second-order valence-electron chi connectivity index (χ2n) is 4.20. The number of nitrogens with one attached hydrogen (secondary N) is 1. The fourth-order valence-corrected chi connectivity index (χ4v) is 2.02. The normalized spacial score (nSPS) is 11.2. The van der Waals surface area contributed by atoms with Crippen molar-refractivity contribution >= 4 is 27.5 Å². The number of carbonyl (C=O) groups excluding carboxylic acids is 1. The number of phenols is 1. The van der Waals surface area contributed by atoms with Crippen molar-refractivity contribution in [1.29, 1.82) is 0 Å². The third-order valence-corrected chi connectivity index (χ3v) is 3.17. The van der Waals surface area contributed by atoms with E-state index in [4.69, 9.17) is 0 Å². The van der Waals surface area contributed by atoms with Gasteiger partial charge in [-0.15, -0.1) is 0 Å². The van der Waals surface area contributed by atoms with E-state index in [0.29, 0.717) is 11.3 Å². The second kappa shape index (κ2) is 6.34. The van der Waals surface area contributed by atoms with Crippen LogP contribution in [-0.2, 0) is 0 Å². The lowest BCUT2D eigenvalue weighted by Gasteiger charge is -2.04. The first-order valence-corrected chi connectivity index (χ1v) is 6.75. The third kappa shape index (κ3) is 3.68. The van der Waals surface area contributed by atoms with Crippen LogP contribution < -0.4 is 5.43 Å². The molecule has 0 heterocycles. The van der Waals surface area contributed by atoms with E-state index in [0.717, 1.165) is 10.0 Å². The lowest BCUT2D eigenvalue weighted by atomic mass is 10.1. The smallest absolute Gasteiger partial charge is 0.271 e. The maximum absolute atomic E-state index is 11.9. The molecule has 0 bridgehead atoms. The zero-order valence-electron chi connectivity index (χ0n) is 10.8. The fourth-order valence-electron chi connectivity index (χ4n) is 1.62. The minimum absolute atomic E-state index is 0.162. The molecule has 0 aliphatic carbocycles. The Bertz CT molecular complexity index is 668. The van der Waals surface area contributed by atoms with Crippen LogP contribution >= 0.6 is 15.9 Å². The average Bonchev–Trinajstić information content (AvgIpc) is 2.44. The summed E-state index contributed by atoms with van der Waals surface area (Å²) < 4.78 is 0.832. The average molecular weight is 333 g/mol. The van der Waals surface area contributed by atoms with Crippen molar-refractivity contribution < 1.29 is 9.90 Å². The summed E-state index contributed by atoms with van der Waals surface area (Å²) >= 11 is 3.31. The number of carbonyl (C=O) groups is 1. The molecule has 0 aliphatic rings. The van der Waals surface area contributed by atoms with E-state index in [1.807, 2.05) is 12.1 Å².